The fraction of sp³-hybridized carbons (Fsp3) is 0.214. The van der Waals surface area contributed by atoms with Gasteiger partial charge in [0.2, 0.25) is 0 Å². The lowest BCUT2D eigenvalue weighted by Gasteiger charge is -2.02. The second-order valence-corrected chi connectivity index (χ2v) is 5.24. The third-order valence-corrected chi connectivity index (χ3v) is 4.02. The molecule has 0 unspecified atom stereocenters. The van der Waals surface area contributed by atoms with Gasteiger partial charge in [-0.1, -0.05) is 18.2 Å². The highest BCUT2D eigenvalue weighted by molar-refractivity contribution is 7.17. The summed E-state index contributed by atoms with van der Waals surface area (Å²) < 4.78 is 3.05. The van der Waals surface area contributed by atoms with E-state index in [1.54, 1.807) is 22.2 Å². The predicted molar refractivity (Wildman–Crippen MR) is 78.5 cm³/mol. The highest BCUT2D eigenvalue weighted by Gasteiger charge is 2.04. The molecule has 0 aliphatic heterocycles. The molecule has 1 aromatic carbocycles. The van der Waals surface area contributed by atoms with Crippen molar-refractivity contribution in [2.45, 2.75) is 13.1 Å². The number of fused-ring (bicyclic) bond motifs is 1. The van der Waals surface area contributed by atoms with E-state index in [1.165, 1.54) is 15.6 Å². The van der Waals surface area contributed by atoms with E-state index in [1.807, 2.05) is 6.20 Å². The van der Waals surface area contributed by atoms with Crippen LogP contribution in [0, 0.1) is 0 Å². The van der Waals surface area contributed by atoms with Crippen molar-refractivity contribution in [3.8, 4) is 0 Å². The molecule has 2 N–H and O–H groups in total. The summed E-state index contributed by atoms with van der Waals surface area (Å²) in [5, 5.41) is 19.9. The molecule has 0 aliphatic rings. The molecular formula is C14H15N3OS. The Morgan fingerprint density at radius 3 is 3.11 bits per heavy atom. The minimum atomic E-state index is 0.107. The Hall–Kier alpha value is -1.85. The van der Waals surface area contributed by atoms with Crippen LogP contribution in [0.25, 0.3) is 10.1 Å². The Balaban J connectivity index is 1.71. The van der Waals surface area contributed by atoms with E-state index in [-0.39, 0.29) is 6.61 Å². The van der Waals surface area contributed by atoms with Crippen LogP contribution in [0.2, 0.25) is 0 Å². The molecular weight excluding hydrogens is 258 g/mol. The number of thiophene rings is 1. The zero-order chi connectivity index (χ0) is 13.1. The number of aliphatic hydroxyl groups excluding tert-OH is 1. The number of hydrogen-bond donors (Lipinski definition) is 2. The normalized spacial score (nSPS) is 11.0. The van der Waals surface area contributed by atoms with Crippen molar-refractivity contribution >= 4 is 27.1 Å². The quantitative estimate of drug-likeness (QED) is 0.751. The van der Waals surface area contributed by atoms with Crippen molar-refractivity contribution < 1.29 is 5.11 Å². The van der Waals surface area contributed by atoms with Crippen molar-refractivity contribution in [3.05, 3.63) is 47.6 Å². The third-order valence-electron chi connectivity index (χ3n) is 3.01. The van der Waals surface area contributed by atoms with Gasteiger partial charge in [-0.3, -0.25) is 4.68 Å². The monoisotopic (exact) mass is 273 g/mol. The summed E-state index contributed by atoms with van der Waals surface area (Å²) in [7, 11) is 0. The smallest absolute Gasteiger partial charge is 0.0729 e. The second-order valence-electron chi connectivity index (χ2n) is 4.33. The number of hydrogen-bond acceptors (Lipinski definition) is 4. The SMILES string of the molecule is OCCn1cc(NCc2csc3ccccc23)cn1. The summed E-state index contributed by atoms with van der Waals surface area (Å²) in [5.41, 5.74) is 2.28. The molecule has 0 radical (unpaired) electrons. The Bertz CT molecular complexity index is 674. The van der Waals surface area contributed by atoms with Gasteiger partial charge in [-0.25, -0.2) is 0 Å². The molecule has 5 heteroatoms. The molecule has 0 fully saturated rings. The lowest BCUT2D eigenvalue weighted by atomic mass is 10.2. The largest absolute Gasteiger partial charge is 0.394 e. The predicted octanol–water partition coefficient (Wildman–Crippen LogP) is 2.70. The Morgan fingerprint density at radius 2 is 2.21 bits per heavy atom. The molecule has 0 atom stereocenters. The number of aliphatic hydroxyl groups is 1. The third kappa shape index (κ3) is 2.62. The summed E-state index contributed by atoms with van der Waals surface area (Å²) in [6, 6.07) is 8.42. The van der Waals surface area contributed by atoms with Crippen LogP contribution in [0.5, 0.6) is 0 Å². The van der Waals surface area contributed by atoms with Crippen LogP contribution in [0.4, 0.5) is 5.69 Å². The molecule has 0 saturated heterocycles. The minimum Gasteiger partial charge on any atom is -0.394 e. The lowest BCUT2D eigenvalue weighted by molar-refractivity contribution is 0.269. The van der Waals surface area contributed by atoms with Gasteiger partial charge in [0.15, 0.2) is 0 Å². The van der Waals surface area contributed by atoms with E-state index >= 15 is 0 Å². The fourth-order valence-electron chi connectivity index (χ4n) is 2.05. The van der Waals surface area contributed by atoms with Gasteiger partial charge in [0.1, 0.15) is 0 Å². The van der Waals surface area contributed by atoms with Crippen molar-refractivity contribution in [2.24, 2.45) is 0 Å². The minimum absolute atomic E-state index is 0.107. The molecule has 2 aromatic heterocycles. The first-order valence-corrected chi connectivity index (χ1v) is 7.07. The van der Waals surface area contributed by atoms with Crippen LogP contribution < -0.4 is 5.32 Å². The summed E-state index contributed by atoms with van der Waals surface area (Å²) in [5.74, 6) is 0. The van der Waals surface area contributed by atoms with Gasteiger partial charge in [-0.15, -0.1) is 11.3 Å². The molecule has 0 spiro atoms. The molecule has 0 bridgehead atoms. The van der Waals surface area contributed by atoms with Crippen molar-refractivity contribution in [1.82, 2.24) is 9.78 Å². The Morgan fingerprint density at radius 1 is 1.32 bits per heavy atom. The van der Waals surface area contributed by atoms with Gasteiger partial charge in [0, 0.05) is 17.4 Å². The summed E-state index contributed by atoms with van der Waals surface area (Å²) in [6.07, 6.45) is 3.69. The maximum absolute atomic E-state index is 8.85. The topological polar surface area (TPSA) is 50.1 Å². The van der Waals surface area contributed by atoms with E-state index in [0.29, 0.717) is 6.54 Å². The average Bonchev–Trinajstić information content (AvgIpc) is 3.04. The lowest BCUT2D eigenvalue weighted by Crippen LogP contribution is -2.02. The molecule has 4 nitrogen and oxygen atoms in total. The van der Waals surface area contributed by atoms with Gasteiger partial charge < -0.3 is 10.4 Å². The Labute approximate surface area is 115 Å². The number of rotatable bonds is 5. The van der Waals surface area contributed by atoms with Gasteiger partial charge in [0.25, 0.3) is 0 Å². The fourth-order valence-corrected chi connectivity index (χ4v) is 3.01. The van der Waals surface area contributed by atoms with Gasteiger partial charge in [0.05, 0.1) is 25.0 Å². The van der Waals surface area contributed by atoms with Gasteiger partial charge in [-0.2, -0.15) is 5.10 Å². The molecule has 3 rings (SSSR count). The van der Waals surface area contributed by atoms with Crippen LogP contribution in [-0.4, -0.2) is 21.5 Å². The second kappa shape index (κ2) is 5.42. The first-order valence-electron chi connectivity index (χ1n) is 6.19. The highest BCUT2D eigenvalue weighted by Crippen LogP contribution is 2.26. The standard InChI is InChI=1S/C14H15N3OS/c18-6-5-17-9-12(8-16-17)15-7-11-10-19-14-4-2-1-3-13(11)14/h1-4,8-10,15,18H,5-7H2. The number of anilines is 1. The molecule has 3 aromatic rings. The van der Waals surface area contributed by atoms with Gasteiger partial charge in [-0.05, 0) is 22.4 Å². The van der Waals surface area contributed by atoms with Crippen molar-refractivity contribution in [3.63, 3.8) is 0 Å². The molecule has 0 saturated carbocycles. The first-order chi connectivity index (χ1) is 9.36. The van der Waals surface area contributed by atoms with Crippen molar-refractivity contribution in [1.29, 1.82) is 0 Å². The molecule has 98 valence electrons. The van der Waals surface area contributed by atoms with Crippen LogP contribution in [-0.2, 0) is 13.1 Å². The summed E-state index contributed by atoms with van der Waals surface area (Å²) in [4.78, 5) is 0. The van der Waals surface area contributed by atoms with Gasteiger partial charge >= 0.3 is 0 Å². The number of nitrogens with one attached hydrogen (secondary N) is 1. The number of aromatic nitrogens is 2. The van der Waals surface area contributed by atoms with Crippen LogP contribution in [0.3, 0.4) is 0 Å². The maximum atomic E-state index is 8.85. The number of benzene rings is 1. The van der Waals surface area contributed by atoms with E-state index < -0.39 is 0 Å². The van der Waals surface area contributed by atoms with E-state index in [4.69, 9.17) is 5.11 Å². The molecule has 2 heterocycles. The van der Waals surface area contributed by atoms with Crippen LogP contribution in [0.15, 0.2) is 42.0 Å². The van der Waals surface area contributed by atoms with Crippen LogP contribution in [0.1, 0.15) is 5.56 Å². The Kier molecular flexibility index (Phi) is 3.48. The zero-order valence-corrected chi connectivity index (χ0v) is 11.2. The van der Waals surface area contributed by atoms with Crippen LogP contribution >= 0.6 is 11.3 Å². The maximum Gasteiger partial charge on any atom is 0.0729 e. The van der Waals surface area contributed by atoms with E-state index in [9.17, 15) is 0 Å². The van der Waals surface area contributed by atoms with E-state index in [0.717, 1.165) is 12.2 Å². The van der Waals surface area contributed by atoms with E-state index in [2.05, 4.69) is 40.1 Å². The highest BCUT2D eigenvalue weighted by atomic mass is 32.1. The average molecular weight is 273 g/mol. The van der Waals surface area contributed by atoms with Crippen molar-refractivity contribution in [2.75, 3.05) is 11.9 Å². The zero-order valence-electron chi connectivity index (χ0n) is 10.4. The molecule has 0 aliphatic carbocycles. The molecule has 0 amide bonds. The first kappa shape index (κ1) is 12.2. The number of nitrogens with zero attached hydrogens (tertiary/aromatic N) is 2. The molecule has 19 heavy (non-hydrogen) atoms. The summed E-state index contributed by atoms with van der Waals surface area (Å²) >= 11 is 1.77. The summed E-state index contributed by atoms with van der Waals surface area (Å²) in [6.45, 7) is 1.42.